The zero-order valence-corrected chi connectivity index (χ0v) is 13.7. The van der Waals surface area contributed by atoms with Crippen molar-refractivity contribution in [2.24, 2.45) is 0 Å². The molecular formula is C18H21N2S+. The molecule has 0 radical (unpaired) electrons. The van der Waals surface area contributed by atoms with Crippen LogP contribution in [0.5, 0.6) is 0 Å². The van der Waals surface area contributed by atoms with E-state index >= 15 is 0 Å². The molecule has 0 saturated heterocycles. The number of aromatic nitrogens is 1. The molecule has 0 saturated carbocycles. The van der Waals surface area contributed by atoms with Gasteiger partial charge in [-0.1, -0.05) is 19.1 Å². The maximum absolute atomic E-state index is 4.89. The van der Waals surface area contributed by atoms with Crippen LogP contribution in [0.3, 0.4) is 0 Å². The van der Waals surface area contributed by atoms with E-state index in [1.165, 1.54) is 20.5 Å². The van der Waals surface area contributed by atoms with Crippen LogP contribution in [0.25, 0.3) is 20.8 Å². The highest BCUT2D eigenvalue weighted by molar-refractivity contribution is 7.21. The van der Waals surface area contributed by atoms with Gasteiger partial charge in [0.25, 0.3) is 0 Å². The fraction of sp³-hybridized carbons (Fsp3) is 0.333. The molecule has 1 aliphatic heterocycles. The summed E-state index contributed by atoms with van der Waals surface area (Å²) in [7, 11) is 0. The van der Waals surface area contributed by atoms with Crippen molar-refractivity contribution in [1.82, 2.24) is 9.56 Å². The van der Waals surface area contributed by atoms with E-state index in [2.05, 4.69) is 61.7 Å². The molecule has 0 spiro atoms. The van der Waals surface area contributed by atoms with Crippen molar-refractivity contribution in [3.63, 3.8) is 0 Å². The van der Waals surface area contributed by atoms with E-state index in [0.717, 1.165) is 30.7 Å². The van der Waals surface area contributed by atoms with Gasteiger partial charge < -0.3 is 0 Å². The topological polar surface area (TPSA) is 15.9 Å². The Labute approximate surface area is 129 Å². The predicted molar refractivity (Wildman–Crippen MR) is 92.0 cm³/mol. The summed E-state index contributed by atoms with van der Waals surface area (Å²) in [6.07, 6.45) is 1.03. The zero-order valence-electron chi connectivity index (χ0n) is 12.9. The summed E-state index contributed by atoms with van der Waals surface area (Å²) < 4.78 is 3.65. The van der Waals surface area contributed by atoms with E-state index in [0.29, 0.717) is 0 Å². The number of fused-ring (bicyclic) bond motifs is 2. The second kappa shape index (κ2) is 5.94. The minimum atomic E-state index is 1.03. The van der Waals surface area contributed by atoms with Crippen LogP contribution < -0.4 is 9.93 Å². The predicted octanol–water partition coefficient (Wildman–Crippen LogP) is 3.78. The number of aryl methyl sites for hydroxylation is 1. The molecular weight excluding hydrogens is 276 g/mol. The van der Waals surface area contributed by atoms with E-state index in [1.54, 1.807) is 0 Å². The summed E-state index contributed by atoms with van der Waals surface area (Å²) in [5.41, 5.74) is 3.59. The molecule has 0 atom stereocenters. The maximum atomic E-state index is 4.89. The van der Waals surface area contributed by atoms with E-state index in [4.69, 9.17) is 4.98 Å². The Bertz CT molecular complexity index is 811. The average molecular weight is 297 g/mol. The molecule has 2 nitrogen and oxygen atoms in total. The van der Waals surface area contributed by atoms with Crippen LogP contribution in [-0.2, 0) is 6.42 Å². The van der Waals surface area contributed by atoms with Crippen LogP contribution >= 0.6 is 11.3 Å². The van der Waals surface area contributed by atoms with Gasteiger partial charge in [0.15, 0.2) is 0 Å². The van der Waals surface area contributed by atoms with E-state index in [9.17, 15) is 0 Å². The second-order valence-corrected chi connectivity index (χ2v) is 6.24. The quantitative estimate of drug-likeness (QED) is 0.531. The lowest BCUT2D eigenvalue weighted by molar-refractivity contribution is 0.626. The molecule has 1 heterocycles. The first-order chi connectivity index (χ1) is 10.3. The lowest BCUT2D eigenvalue weighted by Crippen LogP contribution is -2.29. The molecule has 0 aromatic heterocycles. The third-order valence-electron chi connectivity index (χ3n) is 3.99. The van der Waals surface area contributed by atoms with E-state index < -0.39 is 0 Å². The Morgan fingerprint density at radius 2 is 1.86 bits per heavy atom. The van der Waals surface area contributed by atoms with Crippen molar-refractivity contribution in [1.29, 1.82) is 0 Å². The smallest absolute Gasteiger partial charge is 0.201 e. The Morgan fingerprint density at radius 1 is 1.05 bits per heavy atom. The molecule has 1 aliphatic carbocycles. The summed E-state index contributed by atoms with van der Waals surface area (Å²) in [6.45, 7) is 8.66. The molecule has 0 amide bonds. The Hall–Kier alpha value is -1.74. The fourth-order valence-corrected chi connectivity index (χ4v) is 3.82. The summed E-state index contributed by atoms with van der Waals surface area (Å²) >= 11 is 1.84. The molecule has 3 heteroatoms. The summed E-state index contributed by atoms with van der Waals surface area (Å²) in [4.78, 5) is 6.16. The summed E-state index contributed by atoms with van der Waals surface area (Å²) in [5, 5.41) is 1.29. The van der Waals surface area contributed by atoms with Crippen LogP contribution in [0.2, 0.25) is 0 Å². The van der Waals surface area contributed by atoms with Crippen LogP contribution in [-0.4, -0.2) is 18.1 Å². The molecule has 3 rings (SSSR count). The SMILES string of the molecule is CCc1cccc2sc3cc(=[N+](CC)CC)ccc-3nc12. The van der Waals surface area contributed by atoms with Gasteiger partial charge in [0, 0.05) is 12.1 Å². The molecule has 108 valence electrons. The molecule has 21 heavy (non-hydrogen) atoms. The van der Waals surface area contributed by atoms with Crippen LogP contribution in [0.15, 0.2) is 36.4 Å². The Kier molecular flexibility index (Phi) is 4.02. The van der Waals surface area contributed by atoms with Crippen molar-refractivity contribution >= 4 is 21.6 Å². The van der Waals surface area contributed by atoms with Gasteiger partial charge in [-0.15, -0.1) is 11.3 Å². The molecule has 0 fully saturated rings. The second-order valence-electron chi connectivity index (χ2n) is 5.16. The normalized spacial score (nSPS) is 11.2. The van der Waals surface area contributed by atoms with Gasteiger partial charge in [-0.25, -0.2) is 9.56 Å². The third kappa shape index (κ3) is 2.58. The monoisotopic (exact) mass is 297 g/mol. The average Bonchev–Trinajstić information content (AvgIpc) is 2.53. The van der Waals surface area contributed by atoms with Crippen LogP contribution in [0.1, 0.15) is 26.3 Å². The molecule has 0 bridgehead atoms. The minimum Gasteiger partial charge on any atom is -0.246 e. The number of para-hydroxylation sites is 1. The van der Waals surface area contributed by atoms with Crippen molar-refractivity contribution in [3.8, 4) is 10.6 Å². The zero-order chi connectivity index (χ0) is 14.8. The first-order valence-electron chi connectivity index (χ1n) is 7.67. The standard InChI is InChI=1S/C18H21N2S/c1-4-13-8-7-9-16-18(13)19-15-11-10-14(12-17(15)21-16)20(5-2)6-3/h7-12H,4-6H2,1-3H3/q+1. The highest BCUT2D eigenvalue weighted by Gasteiger charge is 2.11. The Balaban J connectivity index is 2.32. The lowest BCUT2D eigenvalue weighted by atomic mass is 10.1. The highest BCUT2D eigenvalue weighted by atomic mass is 32.1. The van der Waals surface area contributed by atoms with Crippen LogP contribution in [0.4, 0.5) is 0 Å². The van der Waals surface area contributed by atoms with E-state index in [-0.39, 0.29) is 0 Å². The summed E-state index contributed by atoms with van der Waals surface area (Å²) in [6, 6.07) is 13.1. The number of benzene rings is 2. The largest absolute Gasteiger partial charge is 0.246 e. The third-order valence-corrected chi connectivity index (χ3v) is 5.08. The highest BCUT2D eigenvalue weighted by Crippen LogP contribution is 2.30. The minimum absolute atomic E-state index is 1.03. The van der Waals surface area contributed by atoms with Gasteiger partial charge >= 0.3 is 0 Å². The van der Waals surface area contributed by atoms with Gasteiger partial charge in [0.2, 0.25) is 5.36 Å². The molecule has 0 N–H and O–H groups in total. The van der Waals surface area contributed by atoms with Crippen molar-refractivity contribution in [2.45, 2.75) is 27.2 Å². The van der Waals surface area contributed by atoms with Gasteiger partial charge in [-0.2, -0.15) is 0 Å². The van der Waals surface area contributed by atoms with Crippen LogP contribution in [0, 0.1) is 0 Å². The first kappa shape index (κ1) is 14.2. The van der Waals surface area contributed by atoms with E-state index in [1.807, 2.05) is 11.3 Å². The number of nitrogens with zero attached hydrogens (tertiary/aromatic N) is 2. The fourth-order valence-electron chi connectivity index (χ4n) is 2.76. The Morgan fingerprint density at radius 3 is 2.57 bits per heavy atom. The lowest BCUT2D eigenvalue weighted by Gasteiger charge is -2.08. The van der Waals surface area contributed by atoms with Crippen molar-refractivity contribution in [3.05, 3.63) is 47.3 Å². The van der Waals surface area contributed by atoms with Gasteiger partial charge in [0.1, 0.15) is 13.1 Å². The number of hydrogen-bond acceptors (Lipinski definition) is 2. The van der Waals surface area contributed by atoms with Gasteiger partial charge in [-0.3, -0.25) is 0 Å². The number of rotatable bonds is 3. The van der Waals surface area contributed by atoms with Gasteiger partial charge in [-0.05, 0) is 38.0 Å². The molecule has 0 unspecified atom stereocenters. The number of hydrogen-bond donors (Lipinski definition) is 0. The van der Waals surface area contributed by atoms with Gasteiger partial charge in [0.05, 0.1) is 20.8 Å². The molecule has 1 aromatic rings. The first-order valence-corrected chi connectivity index (χ1v) is 8.48. The van der Waals surface area contributed by atoms with Crippen molar-refractivity contribution < 1.29 is 0 Å². The molecule has 1 aromatic carbocycles. The molecule has 2 aliphatic rings. The summed E-state index contributed by atoms with van der Waals surface area (Å²) in [5.74, 6) is 0. The van der Waals surface area contributed by atoms with Crippen molar-refractivity contribution in [2.75, 3.05) is 13.1 Å². The maximum Gasteiger partial charge on any atom is 0.201 e.